The predicted octanol–water partition coefficient (Wildman–Crippen LogP) is 3.32. The van der Waals surface area contributed by atoms with Crippen molar-refractivity contribution < 1.29 is 19.4 Å². The van der Waals surface area contributed by atoms with Gasteiger partial charge in [0.2, 0.25) is 0 Å². The summed E-state index contributed by atoms with van der Waals surface area (Å²) in [7, 11) is 1.56. The van der Waals surface area contributed by atoms with Crippen molar-refractivity contribution in [2.45, 2.75) is 20.4 Å². The number of ether oxygens (including phenoxy) is 1. The van der Waals surface area contributed by atoms with E-state index in [0.29, 0.717) is 22.0 Å². The van der Waals surface area contributed by atoms with Crippen LogP contribution in [0, 0.1) is 13.8 Å². The van der Waals surface area contributed by atoms with Crippen LogP contribution in [0.2, 0.25) is 0 Å². The molecule has 0 atom stereocenters. The lowest BCUT2D eigenvalue weighted by atomic mass is 10.0. The van der Waals surface area contributed by atoms with Gasteiger partial charge in [-0.25, -0.2) is 0 Å². The van der Waals surface area contributed by atoms with Crippen LogP contribution in [-0.2, 0) is 16.1 Å². The number of imide groups is 1. The fraction of sp³-hybridized carbons (Fsp3) is 0.273. The number of hydrogen-bond acceptors (Lipinski definition) is 5. The average molecular weight is 397 g/mol. The molecule has 0 aliphatic carbocycles. The third-order valence-electron chi connectivity index (χ3n) is 4.78. The highest BCUT2D eigenvalue weighted by molar-refractivity contribution is 8.04. The topological polar surface area (TPSA) is 66.8 Å². The van der Waals surface area contributed by atoms with E-state index < -0.39 is 0 Å². The Morgan fingerprint density at radius 2 is 1.79 bits per heavy atom. The van der Waals surface area contributed by atoms with Crippen LogP contribution in [0.4, 0.5) is 0 Å². The van der Waals surface area contributed by atoms with Crippen molar-refractivity contribution in [2.75, 3.05) is 19.5 Å². The molecule has 0 radical (unpaired) electrons. The van der Waals surface area contributed by atoms with Crippen LogP contribution in [0.25, 0.3) is 5.57 Å². The van der Waals surface area contributed by atoms with Gasteiger partial charge in [0.1, 0.15) is 5.75 Å². The number of aliphatic hydroxyl groups is 1. The molecule has 2 amide bonds. The monoisotopic (exact) mass is 397 g/mol. The zero-order valence-corrected chi connectivity index (χ0v) is 17.0. The Balaban J connectivity index is 2.00. The van der Waals surface area contributed by atoms with E-state index in [2.05, 4.69) is 0 Å². The molecule has 0 unspecified atom stereocenters. The molecule has 6 heteroatoms. The van der Waals surface area contributed by atoms with E-state index in [0.717, 1.165) is 22.3 Å². The molecule has 0 saturated carbocycles. The zero-order valence-electron chi connectivity index (χ0n) is 16.2. The molecule has 2 aromatic carbocycles. The maximum Gasteiger partial charge on any atom is 0.268 e. The lowest BCUT2D eigenvalue weighted by Crippen LogP contribution is -2.31. The van der Waals surface area contributed by atoms with Gasteiger partial charge in [0.25, 0.3) is 11.8 Å². The summed E-state index contributed by atoms with van der Waals surface area (Å²) in [5.74, 6) is 0.333. The van der Waals surface area contributed by atoms with Crippen LogP contribution < -0.4 is 4.74 Å². The summed E-state index contributed by atoms with van der Waals surface area (Å²) in [6.45, 7) is 4.06. The summed E-state index contributed by atoms with van der Waals surface area (Å²) in [6, 6.07) is 13.1. The number of carbonyl (C=O) groups is 2. The van der Waals surface area contributed by atoms with Gasteiger partial charge < -0.3 is 9.84 Å². The number of rotatable bonds is 7. The summed E-state index contributed by atoms with van der Waals surface area (Å²) in [5, 5.41) is 9.22. The maximum atomic E-state index is 13.2. The van der Waals surface area contributed by atoms with Crippen molar-refractivity contribution in [1.82, 2.24) is 4.90 Å². The van der Waals surface area contributed by atoms with Crippen molar-refractivity contribution in [1.29, 1.82) is 0 Å². The Kier molecular flexibility index (Phi) is 6.21. The first-order valence-corrected chi connectivity index (χ1v) is 10.00. The lowest BCUT2D eigenvalue weighted by Gasteiger charge is -2.17. The second-order valence-corrected chi connectivity index (χ2v) is 7.69. The number of benzene rings is 2. The zero-order chi connectivity index (χ0) is 20.3. The quantitative estimate of drug-likeness (QED) is 0.726. The minimum absolute atomic E-state index is 0.0671. The smallest absolute Gasteiger partial charge is 0.268 e. The van der Waals surface area contributed by atoms with Crippen molar-refractivity contribution in [3.05, 3.63) is 69.6 Å². The predicted molar refractivity (Wildman–Crippen MR) is 111 cm³/mol. The summed E-state index contributed by atoms with van der Waals surface area (Å²) < 4.78 is 5.36. The number of hydrogen-bond donors (Lipinski definition) is 1. The van der Waals surface area contributed by atoms with Gasteiger partial charge in [-0.2, -0.15) is 0 Å². The third kappa shape index (κ3) is 3.84. The van der Waals surface area contributed by atoms with E-state index in [1.165, 1.54) is 16.7 Å². The molecule has 1 N–H and O–H groups in total. The Hall–Kier alpha value is -2.57. The van der Waals surface area contributed by atoms with Gasteiger partial charge in [-0.15, -0.1) is 11.8 Å². The van der Waals surface area contributed by atoms with Crippen LogP contribution in [-0.4, -0.2) is 41.3 Å². The highest BCUT2D eigenvalue weighted by atomic mass is 32.2. The first kappa shape index (κ1) is 20.2. The van der Waals surface area contributed by atoms with E-state index in [1.54, 1.807) is 13.2 Å². The fourth-order valence-electron chi connectivity index (χ4n) is 3.13. The number of aryl methyl sites for hydroxylation is 2. The molecule has 0 spiro atoms. The van der Waals surface area contributed by atoms with Crippen LogP contribution in [0.15, 0.2) is 47.4 Å². The Bertz CT molecular complexity index is 951. The third-order valence-corrected chi connectivity index (χ3v) is 5.83. The molecule has 1 heterocycles. The van der Waals surface area contributed by atoms with Gasteiger partial charge in [-0.3, -0.25) is 14.5 Å². The van der Waals surface area contributed by atoms with Gasteiger partial charge in [-0.05, 0) is 36.6 Å². The Labute approximate surface area is 169 Å². The molecule has 0 bridgehead atoms. The van der Waals surface area contributed by atoms with E-state index in [4.69, 9.17) is 4.74 Å². The SMILES string of the molecule is COc1ccccc1CN1C(=O)C(SCCO)=C(c2ccc(C)c(C)c2)C1=O. The highest BCUT2D eigenvalue weighted by Crippen LogP contribution is 2.37. The van der Waals surface area contributed by atoms with Crippen molar-refractivity contribution in [2.24, 2.45) is 0 Å². The normalized spacial score (nSPS) is 14.2. The van der Waals surface area contributed by atoms with Gasteiger partial charge in [0, 0.05) is 11.3 Å². The van der Waals surface area contributed by atoms with Crippen LogP contribution in [0.1, 0.15) is 22.3 Å². The second-order valence-electron chi connectivity index (χ2n) is 6.58. The molecule has 0 saturated heterocycles. The molecule has 3 rings (SSSR count). The molecule has 1 aliphatic rings. The van der Waals surface area contributed by atoms with Gasteiger partial charge >= 0.3 is 0 Å². The maximum absolute atomic E-state index is 13.2. The van der Waals surface area contributed by atoms with E-state index in [-0.39, 0.29) is 25.0 Å². The summed E-state index contributed by atoms with van der Waals surface area (Å²) in [6.07, 6.45) is 0. The Morgan fingerprint density at radius 1 is 1.04 bits per heavy atom. The fourth-order valence-corrected chi connectivity index (χ4v) is 4.01. The second kappa shape index (κ2) is 8.63. The number of carbonyl (C=O) groups excluding carboxylic acids is 2. The summed E-state index contributed by atoms with van der Waals surface area (Å²) in [5.41, 5.74) is 4.07. The summed E-state index contributed by atoms with van der Waals surface area (Å²) in [4.78, 5) is 27.9. The van der Waals surface area contributed by atoms with Crippen molar-refractivity contribution in [3.63, 3.8) is 0 Å². The minimum atomic E-state index is -0.331. The summed E-state index contributed by atoms with van der Waals surface area (Å²) >= 11 is 1.22. The highest BCUT2D eigenvalue weighted by Gasteiger charge is 2.39. The van der Waals surface area contributed by atoms with Crippen molar-refractivity contribution >= 4 is 29.1 Å². The average Bonchev–Trinajstić information content (AvgIpc) is 2.93. The molecule has 2 aromatic rings. The number of amides is 2. The molecular formula is C22H23NO4S. The molecule has 0 aromatic heterocycles. The van der Waals surface area contributed by atoms with E-state index in [9.17, 15) is 14.7 Å². The van der Waals surface area contributed by atoms with Crippen molar-refractivity contribution in [3.8, 4) is 5.75 Å². The number of para-hydroxylation sites is 1. The van der Waals surface area contributed by atoms with E-state index in [1.807, 2.05) is 50.2 Å². The molecule has 146 valence electrons. The van der Waals surface area contributed by atoms with Crippen LogP contribution in [0.3, 0.4) is 0 Å². The van der Waals surface area contributed by atoms with Gasteiger partial charge in [0.05, 0.1) is 30.7 Å². The molecule has 28 heavy (non-hydrogen) atoms. The molecule has 0 fully saturated rings. The minimum Gasteiger partial charge on any atom is -0.496 e. The lowest BCUT2D eigenvalue weighted by molar-refractivity contribution is -0.137. The number of thioether (sulfide) groups is 1. The number of nitrogens with zero attached hydrogens (tertiary/aromatic N) is 1. The Morgan fingerprint density at radius 3 is 2.46 bits per heavy atom. The van der Waals surface area contributed by atoms with Gasteiger partial charge in [-0.1, -0.05) is 36.4 Å². The first-order chi connectivity index (χ1) is 13.5. The molecule has 1 aliphatic heterocycles. The number of aliphatic hydroxyl groups excluding tert-OH is 1. The van der Waals surface area contributed by atoms with E-state index >= 15 is 0 Å². The standard InChI is InChI=1S/C22H23NO4S/c1-14-8-9-16(12-15(14)2)19-20(28-11-10-24)22(26)23(21(19)25)13-17-6-4-5-7-18(17)27-3/h4-9,12,24H,10-11,13H2,1-3H3. The van der Waals surface area contributed by atoms with Gasteiger partial charge in [0.15, 0.2) is 0 Å². The largest absolute Gasteiger partial charge is 0.496 e. The molecule has 5 nitrogen and oxygen atoms in total. The van der Waals surface area contributed by atoms with Crippen LogP contribution in [0.5, 0.6) is 5.75 Å². The van der Waals surface area contributed by atoms with Crippen LogP contribution >= 0.6 is 11.8 Å². The molecular weight excluding hydrogens is 374 g/mol. The first-order valence-electron chi connectivity index (χ1n) is 9.01. The number of methoxy groups -OCH3 is 1.